The zero-order valence-electron chi connectivity index (χ0n) is 47.5. The van der Waals surface area contributed by atoms with Crippen LogP contribution in [0.1, 0.15) is 59.6 Å². The maximum absolute atomic E-state index is 13.4. The zero-order chi connectivity index (χ0) is 65.3. The molecule has 2 fully saturated rings. The van der Waals surface area contributed by atoms with Crippen LogP contribution in [0, 0.1) is 0 Å². The number of allylic oxidation sites excluding steroid dienone is 4. The molecule has 9 N–H and O–H groups in total. The summed E-state index contributed by atoms with van der Waals surface area (Å²) in [5.41, 5.74) is 2.25. The third kappa shape index (κ3) is 28.1. The standard InChI is InChI=1S/C25H30NO11PS4.C12H12ClO7PS4.C12H14O6S4.5Fm/c1-2-3-4-5-6-7-8-25(32)23-22(37-23)24(31)26(25)15-36-38(33)34-11-16-9-18(41-39-13-20(27)28)19(10-17(16)12-35-38)42-40-14-21(29)30;13-21(18)19-3-7-1-9(24-22-5-11(14)15)10(2-8(7)4-20-21)25-23-6-12(16)17;13-3-7-1-9(21-19-5-11(15)16)10(2-8(7)4-14)22-20-6-12(17)18;;;;;/h2-3,5-6,9-10,22-23,32H,4,7-8,11-15H2,1H3,(H,27,28)(H,29,30);1-2H,3-6H2,(H,14,15)(H,16,17);1-2,13-14H,3-6H2,(H,15,16)(H,17,18);;;;;/b3-2+,6-5+;;;;;;;. The van der Waals surface area contributed by atoms with Crippen LogP contribution in [0.5, 0.6) is 0 Å². The summed E-state index contributed by atoms with van der Waals surface area (Å²) in [5, 5.41) is 82.8. The molecule has 25 nitrogen and oxygen atoms in total. The predicted octanol–water partition coefficient (Wildman–Crippen LogP) is 12.1. The third-order valence-corrected chi connectivity index (χ3v) is 27.9. The molecule has 4 aliphatic rings. The summed E-state index contributed by atoms with van der Waals surface area (Å²) in [4.78, 5) is 82.7. The van der Waals surface area contributed by atoms with Crippen LogP contribution in [0.4, 0.5) is 0 Å². The number of rotatable bonds is 34. The Kier molecular flexibility index (Phi) is 39.3. The molecule has 3 atom stereocenters. The van der Waals surface area contributed by atoms with Crippen LogP contribution >= 0.6 is 156 Å². The Labute approximate surface area is 561 Å². The number of aliphatic hydroxyl groups is 3. The minimum Gasteiger partial charge on any atom is -0.481 e. The van der Waals surface area contributed by atoms with Gasteiger partial charge in [-0.05, 0) is 89.5 Å². The Hall–Kier alpha value is -6.98. The number of hydrogen-bond donors (Lipinski definition) is 9. The number of phosphoric ester groups is 1. The maximum atomic E-state index is 13.4. The number of morpholine rings is 1. The van der Waals surface area contributed by atoms with Gasteiger partial charge in [-0.2, -0.15) is 0 Å². The van der Waals surface area contributed by atoms with Crippen molar-refractivity contribution < 1.29 is 116 Å². The Balaban J connectivity index is 0.00000144. The van der Waals surface area contributed by atoms with Gasteiger partial charge in [0.25, 0.3) is 5.91 Å². The summed E-state index contributed by atoms with van der Waals surface area (Å²) in [5.74, 6) is -6.72. The van der Waals surface area contributed by atoms with Crippen LogP contribution in [0.25, 0.3) is 0 Å². The first-order chi connectivity index (χ1) is 42.3. The molecule has 0 spiro atoms. The van der Waals surface area contributed by atoms with E-state index in [1.54, 1.807) is 36.4 Å². The fourth-order valence-corrected chi connectivity index (χ4v) is 22.3. The van der Waals surface area contributed by atoms with Gasteiger partial charge in [-0.3, -0.25) is 61.1 Å². The van der Waals surface area contributed by atoms with E-state index in [4.69, 9.17) is 69.2 Å². The molecule has 2 saturated heterocycles. The summed E-state index contributed by atoms with van der Waals surface area (Å²) >= 11 is 5.65. The maximum Gasteiger partial charge on any atom is 0.477 e. The number of aliphatic hydroxyl groups excluding tert-OH is 2. The van der Waals surface area contributed by atoms with Crippen molar-refractivity contribution >= 4 is 197 Å². The van der Waals surface area contributed by atoms with E-state index in [-0.39, 0.29) is 80.6 Å². The van der Waals surface area contributed by atoms with E-state index >= 15 is 0 Å². The number of phosphoric acid groups is 1. The monoisotopic (exact) mass is 2810 g/mol. The predicted molar refractivity (Wildman–Crippen MR) is 351 cm³/mol. The molecule has 550 valence electrons. The second-order valence-electron chi connectivity index (χ2n) is 17.6. The Morgan fingerprint density at radius 1 is 0.553 bits per heavy atom. The van der Waals surface area contributed by atoms with E-state index in [0.717, 1.165) is 107 Å². The molecule has 94 heavy (non-hydrogen) atoms. The second-order valence-corrected chi connectivity index (χ2v) is 35.9. The van der Waals surface area contributed by atoms with E-state index in [0.29, 0.717) is 38.5 Å². The minimum atomic E-state index is -4.17. The number of hydrogen-bond acceptors (Lipinski definition) is 30. The molecule has 0 aliphatic carbocycles. The Morgan fingerprint density at radius 2 is 0.872 bits per heavy atom. The molecular formula is C49H56ClFm5NO24P2S12. The molecule has 4 heterocycles. The van der Waals surface area contributed by atoms with E-state index in [1.807, 2.05) is 31.2 Å². The van der Waals surface area contributed by atoms with Crippen LogP contribution in [0.15, 0.2) is 90.1 Å². The Bertz CT molecular complexity index is 3050. The van der Waals surface area contributed by atoms with Crippen molar-refractivity contribution in [3.63, 3.8) is 0 Å². The van der Waals surface area contributed by atoms with Crippen molar-refractivity contribution in [1.82, 2.24) is 4.90 Å². The summed E-state index contributed by atoms with van der Waals surface area (Å²) in [7, 11) is 10.1. The minimum absolute atomic E-state index is 0. The second kappa shape index (κ2) is 42.5. The van der Waals surface area contributed by atoms with Crippen molar-refractivity contribution in [3.8, 4) is 0 Å². The number of benzene rings is 3. The quantitative estimate of drug-likeness (QED) is 0.0116. The van der Waals surface area contributed by atoms with Gasteiger partial charge in [0.1, 0.15) is 47.4 Å². The van der Waals surface area contributed by atoms with Crippen LogP contribution in [-0.2, 0) is 110 Å². The fraction of sp³-hybridized carbons (Fsp3) is 0.408. The van der Waals surface area contributed by atoms with Crippen LogP contribution in [0.3, 0.4) is 0 Å². The number of ether oxygens (including phenoxy) is 1. The molecule has 45 heteroatoms. The summed E-state index contributed by atoms with van der Waals surface area (Å²) in [6.07, 6.45) is 7.78. The molecule has 3 aromatic rings. The van der Waals surface area contributed by atoms with Gasteiger partial charge in [0.05, 0.1) is 39.6 Å². The Morgan fingerprint density at radius 3 is 1.18 bits per heavy atom. The van der Waals surface area contributed by atoms with Gasteiger partial charge >= 0.3 is 50.6 Å². The van der Waals surface area contributed by atoms with Crippen molar-refractivity contribution in [2.24, 2.45) is 0 Å². The molecule has 0 saturated carbocycles. The first kappa shape index (κ1) is 87.0. The number of carboxylic acids is 6. The number of carbonyl (C=O) groups excluding carboxylic acids is 1. The largest absolute Gasteiger partial charge is 0.481 e. The average molecular weight is 2810 g/mol. The van der Waals surface area contributed by atoms with E-state index in [2.05, 4.69) is 0 Å². The first-order valence-electron chi connectivity index (χ1n) is 25.1. The smallest absolute Gasteiger partial charge is 0.477 e. The molecule has 3 unspecified atom stereocenters. The number of halogens is 1. The van der Waals surface area contributed by atoms with E-state index in [1.165, 1.54) is 64.8 Å². The van der Waals surface area contributed by atoms with E-state index in [9.17, 15) is 58.0 Å². The summed E-state index contributed by atoms with van der Waals surface area (Å²) in [6, 6.07) is 10.5. The molecule has 4 aliphatic heterocycles. The van der Waals surface area contributed by atoms with Gasteiger partial charge < -0.3 is 50.7 Å². The molecule has 0 radical (unpaired) electrons. The number of fused-ring (bicyclic) bond motifs is 3. The average Bonchev–Trinajstić information content (AvgIpc) is 1.55. The number of epoxide rings is 1. The summed E-state index contributed by atoms with van der Waals surface area (Å²) in [6.45, 7) is -2.97. The molecular weight excluding hydrogens is 2750 g/mol. The van der Waals surface area contributed by atoms with Crippen molar-refractivity contribution in [1.29, 1.82) is 0 Å². The van der Waals surface area contributed by atoms with Crippen molar-refractivity contribution in [3.05, 3.63) is 94.1 Å². The zero-order valence-corrected chi connectivity index (χ0v) is 71.8. The van der Waals surface area contributed by atoms with E-state index < -0.39 is 81.2 Å². The number of likely N-dealkylation sites (tertiary alicyclic amines) is 1. The van der Waals surface area contributed by atoms with Gasteiger partial charge in [-0.25, -0.2) is 9.13 Å². The van der Waals surface area contributed by atoms with Crippen molar-refractivity contribution in [2.75, 3.05) is 41.2 Å². The number of amides is 1. The molecule has 7 rings (SSSR count). The van der Waals surface area contributed by atoms with Gasteiger partial charge in [-0.15, -0.1) is 0 Å². The molecule has 0 aromatic heterocycles. The summed E-state index contributed by atoms with van der Waals surface area (Å²) < 4.78 is 57.3. The number of nitrogens with zero attached hydrogens (tertiary/aromatic N) is 1. The number of aliphatic carboxylic acids is 6. The van der Waals surface area contributed by atoms with Gasteiger partial charge in [0.15, 0.2) is 11.8 Å². The van der Waals surface area contributed by atoms with Gasteiger partial charge in [0, 0.05) is 47.0 Å². The number of carbonyl (C=O) groups is 7. The third-order valence-electron chi connectivity index (χ3n) is 11.3. The SMILES string of the molecule is C/C=C/C/C=C/CCC1(O)C2OC2C(=O)N1COP1(=O)OCc2cc(SSCC(=O)O)c(SSCC(=O)O)cc2CO1.O=C(O)CSSc1cc(CO)c(CO)cc1SSCC(=O)O.O=C(O)CSSc1cc2c(cc1SSCC(=O)O)COP(=O)(Cl)OC2.[Fm].[Fm].[Fm].[Fm].[Fm]. The fourth-order valence-electron chi connectivity index (χ4n) is 7.21. The normalized spacial score (nSPS) is 17.8. The molecule has 3 aromatic carbocycles. The van der Waals surface area contributed by atoms with Crippen molar-refractivity contribution in [2.45, 2.75) is 113 Å². The number of carboxylic acid groups (broad SMARTS) is 6. The van der Waals surface area contributed by atoms with Crippen LogP contribution < -0.4 is 0 Å². The first-order valence-corrected chi connectivity index (χ1v) is 43.0. The van der Waals surface area contributed by atoms with Gasteiger partial charge in [-0.1, -0.05) is 154 Å². The van der Waals surface area contributed by atoms with Crippen LogP contribution in [0.2, 0.25) is 0 Å². The van der Waals surface area contributed by atoms with Gasteiger partial charge in [0.2, 0.25) is 0 Å². The molecule has 0 bridgehead atoms. The molecule has 1 amide bonds. The van der Waals surface area contributed by atoms with Crippen LogP contribution in [-0.4, -0.2) is 152 Å². The topological polar surface area (TPSA) is 398 Å².